The molecule has 23 heavy (non-hydrogen) atoms. The number of nitrogens with zero attached hydrogens (tertiary/aromatic N) is 6. The summed E-state index contributed by atoms with van der Waals surface area (Å²) in [5.41, 5.74) is 3.88. The van der Waals surface area contributed by atoms with Crippen LogP contribution in [0.2, 0.25) is 0 Å². The number of carbonyl (C=O) groups excluding carboxylic acids is 1. The van der Waals surface area contributed by atoms with Gasteiger partial charge in [0.15, 0.2) is 5.69 Å². The van der Waals surface area contributed by atoms with E-state index < -0.39 is 0 Å². The third-order valence-corrected chi connectivity index (χ3v) is 4.50. The van der Waals surface area contributed by atoms with E-state index in [1.807, 2.05) is 43.6 Å². The van der Waals surface area contributed by atoms with Gasteiger partial charge in [-0.3, -0.25) is 19.1 Å². The Morgan fingerprint density at radius 1 is 1.13 bits per heavy atom. The summed E-state index contributed by atoms with van der Waals surface area (Å²) in [6.45, 7) is 8.14. The minimum absolute atomic E-state index is 0.0332. The lowest BCUT2D eigenvalue weighted by Gasteiger charge is -2.34. The quantitative estimate of drug-likeness (QED) is 0.837. The van der Waals surface area contributed by atoms with E-state index in [4.69, 9.17) is 0 Å². The fraction of sp³-hybridized carbons (Fsp3) is 0.562. The molecule has 7 nitrogen and oxygen atoms in total. The highest BCUT2D eigenvalue weighted by Crippen LogP contribution is 2.13. The number of rotatable bonds is 3. The summed E-state index contributed by atoms with van der Waals surface area (Å²) in [7, 11) is 3.81. The fourth-order valence-electron chi connectivity index (χ4n) is 2.98. The van der Waals surface area contributed by atoms with Crippen LogP contribution < -0.4 is 0 Å². The molecule has 1 amide bonds. The lowest BCUT2D eigenvalue weighted by atomic mass is 10.2. The van der Waals surface area contributed by atoms with Crippen LogP contribution in [0.1, 0.15) is 27.4 Å². The Kier molecular flexibility index (Phi) is 4.21. The monoisotopic (exact) mass is 316 g/mol. The van der Waals surface area contributed by atoms with Crippen molar-refractivity contribution in [3.8, 4) is 0 Å². The minimum Gasteiger partial charge on any atom is -0.335 e. The van der Waals surface area contributed by atoms with Crippen molar-refractivity contribution in [2.75, 3.05) is 26.2 Å². The Labute approximate surface area is 136 Å². The maximum absolute atomic E-state index is 12.5. The minimum atomic E-state index is 0.0332. The Morgan fingerprint density at radius 3 is 2.35 bits per heavy atom. The van der Waals surface area contributed by atoms with E-state index in [1.54, 1.807) is 4.68 Å². The molecule has 1 aliphatic heterocycles. The molecule has 1 fully saturated rings. The lowest BCUT2D eigenvalue weighted by Crippen LogP contribution is -2.48. The zero-order chi connectivity index (χ0) is 16.6. The molecule has 0 bridgehead atoms. The van der Waals surface area contributed by atoms with Crippen molar-refractivity contribution in [2.45, 2.75) is 20.4 Å². The van der Waals surface area contributed by atoms with Crippen LogP contribution >= 0.6 is 0 Å². The van der Waals surface area contributed by atoms with Crippen molar-refractivity contribution in [2.24, 2.45) is 14.1 Å². The number of hydrogen-bond acceptors (Lipinski definition) is 4. The molecule has 0 N–H and O–H groups in total. The van der Waals surface area contributed by atoms with Crippen LogP contribution in [-0.4, -0.2) is 61.4 Å². The number of piperazine rings is 1. The number of amides is 1. The first-order chi connectivity index (χ1) is 10.9. The van der Waals surface area contributed by atoms with E-state index in [0.29, 0.717) is 5.69 Å². The van der Waals surface area contributed by atoms with Crippen LogP contribution in [0.5, 0.6) is 0 Å². The second-order valence-electron chi connectivity index (χ2n) is 6.28. The second-order valence-corrected chi connectivity index (χ2v) is 6.28. The first-order valence-electron chi connectivity index (χ1n) is 7.95. The van der Waals surface area contributed by atoms with Crippen molar-refractivity contribution in [1.29, 1.82) is 0 Å². The molecule has 0 unspecified atom stereocenters. The van der Waals surface area contributed by atoms with Crippen LogP contribution in [-0.2, 0) is 20.6 Å². The third kappa shape index (κ3) is 3.29. The topological polar surface area (TPSA) is 59.2 Å². The Morgan fingerprint density at radius 2 is 1.83 bits per heavy atom. The summed E-state index contributed by atoms with van der Waals surface area (Å²) in [4.78, 5) is 16.8. The maximum atomic E-state index is 12.5. The van der Waals surface area contributed by atoms with Gasteiger partial charge < -0.3 is 4.90 Å². The van der Waals surface area contributed by atoms with Gasteiger partial charge >= 0.3 is 0 Å². The molecule has 3 rings (SSSR count). The van der Waals surface area contributed by atoms with Crippen molar-refractivity contribution in [3.05, 3.63) is 34.9 Å². The molecule has 1 saturated heterocycles. The molecule has 1 aliphatic rings. The van der Waals surface area contributed by atoms with Crippen molar-refractivity contribution in [3.63, 3.8) is 0 Å². The molecule has 124 valence electrons. The zero-order valence-electron chi connectivity index (χ0n) is 14.3. The summed E-state index contributed by atoms with van der Waals surface area (Å²) in [6.07, 6.45) is 2.07. The SMILES string of the molecule is Cc1nn(C)cc1CN1CCN(C(=O)c2cc(C)n(C)n2)CC1. The fourth-order valence-corrected chi connectivity index (χ4v) is 2.98. The average molecular weight is 316 g/mol. The number of aryl methyl sites for hydroxylation is 4. The molecule has 2 aromatic heterocycles. The summed E-state index contributed by atoms with van der Waals surface area (Å²) in [5, 5.41) is 8.67. The predicted molar refractivity (Wildman–Crippen MR) is 87.1 cm³/mol. The highest BCUT2D eigenvalue weighted by Gasteiger charge is 2.24. The van der Waals surface area contributed by atoms with Crippen LogP contribution in [0.25, 0.3) is 0 Å². The summed E-state index contributed by atoms with van der Waals surface area (Å²) in [5.74, 6) is 0.0332. The number of aromatic nitrogens is 4. The van der Waals surface area contributed by atoms with Gasteiger partial charge in [-0.05, 0) is 19.9 Å². The van der Waals surface area contributed by atoms with E-state index in [0.717, 1.165) is 44.1 Å². The van der Waals surface area contributed by atoms with E-state index in [2.05, 4.69) is 21.3 Å². The van der Waals surface area contributed by atoms with Crippen LogP contribution in [0.15, 0.2) is 12.3 Å². The van der Waals surface area contributed by atoms with Gasteiger partial charge in [-0.2, -0.15) is 10.2 Å². The van der Waals surface area contributed by atoms with Crippen molar-refractivity contribution >= 4 is 5.91 Å². The van der Waals surface area contributed by atoms with E-state index in [-0.39, 0.29) is 5.91 Å². The van der Waals surface area contributed by atoms with Gasteiger partial charge in [0, 0.05) is 64.3 Å². The molecule has 0 saturated carbocycles. The average Bonchev–Trinajstić information content (AvgIpc) is 3.01. The maximum Gasteiger partial charge on any atom is 0.274 e. The lowest BCUT2D eigenvalue weighted by molar-refractivity contribution is 0.0621. The standard InChI is InChI=1S/C16H24N6O/c1-12-9-15(18-20(12)4)16(23)22-7-5-21(6-8-22)11-14-10-19(3)17-13(14)2/h9-10H,5-8,11H2,1-4H3. The number of carbonyl (C=O) groups is 1. The van der Waals surface area contributed by atoms with Gasteiger partial charge in [0.25, 0.3) is 5.91 Å². The molecular weight excluding hydrogens is 292 g/mol. The molecular formula is C16H24N6O. The normalized spacial score (nSPS) is 16.1. The second kappa shape index (κ2) is 6.16. The van der Waals surface area contributed by atoms with Crippen LogP contribution in [0.4, 0.5) is 0 Å². The zero-order valence-corrected chi connectivity index (χ0v) is 14.3. The van der Waals surface area contributed by atoms with Crippen molar-refractivity contribution in [1.82, 2.24) is 29.4 Å². The molecule has 0 spiro atoms. The van der Waals surface area contributed by atoms with Gasteiger partial charge in [-0.25, -0.2) is 0 Å². The van der Waals surface area contributed by atoms with E-state index >= 15 is 0 Å². The summed E-state index contributed by atoms with van der Waals surface area (Å²) in [6, 6.07) is 1.85. The molecule has 7 heteroatoms. The van der Waals surface area contributed by atoms with E-state index in [1.165, 1.54) is 5.56 Å². The predicted octanol–water partition coefficient (Wildman–Crippen LogP) is 0.728. The molecule has 0 radical (unpaired) electrons. The van der Waals surface area contributed by atoms with Gasteiger partial charge in [-0.15, -0.1) is 0 Å². The van der Waals surface area contributed by atoms with Gasteiger partial charge in [0.1, 0.15) is 0 Å². The first-order valence-corrected chi connectivity index (χ1v) is 7.95. The molecule has 0 aliphatic carbocycles. The molecule has 2 aromatic rings. The van der Waals surface area contributed by atoms with Gasteiger partial charge in [0.05, 0.1) is 5.69 Å². The van der Waals surface area contributed by atoms with E-state index in [9.17, 15) is 4.79 Å². The van der Waals surface area contributed by atoms with Crippen LogP contribution in [0, 0.1) is 13.8 Å². The largest absolute Gasteiger partial charge is 0.335 e. The van der Waals surface area contributed by atoms with Gasteiger partial charge in [0.2, 0.25) is 0 Å². The Bertz CT molecular complexity index is 689. The third-order valence-electron chi connectivity index (χ3n) is 4.50. The first kappa shape index (κ1) is 15.7. The van der Waals surface area contributed by atoms with Crippen LogP contribution in [0.3, 0.4) is 0 Å². The molecule has 0 aromatic carbocycles. The summed E-state index contributed by atoms with van der Waals surface area (Å²) < 4.78 is 3.60. The van der Waals surface area contributed by atoms with Crippen molar-refractivity contribution < 1.29 is 4.79 Å². The summed E-state index contributed by atoms with van der Waals surface area (Å²) >= 11 is 0. The smallest absolute Gasteiger partial charge is 0.274 e. The highest BCUT2D eigenvalue weighted by molar-refractivity contribution is 5.92. The Balaban J connectivity index is 1.57. The highest BCUT2D eigenvalue weighted by atomic mass is 16.2. The molecule has 3 heterocycles. The number of hydrogen-bond donors (Lipinski definition) is 0. The van der Waals surface area contributed by atoms with Gasteiger partial charge in [-0.1, -0.05) is 0 Å². The Hall–Kier alpha value is -2.15. The molecule has 0 atom stereocenters.